The molecular formula is C7H7N. The van der Waals surface area contributed by atoms with Gasteiger partial charge in [-0.15, -0.1) is 0 Å². The van der Waals surface area contributed by atoms with E-state index in [-0.39, 0.29) is 0 Å². The van der Waals surface area contributed by atoms with Crippen LogP contribution in [0, 0.1) is 6.92 Å². The van der Waals surface area contributed by atoms with Gasteiger partial charge in [-0.1, -0.05) is 6.07 Å². The van der Waals surface area contributed by atoms with Crippen molar-refractivity contribution >= 4 is 0 Å². The molecule has 0 N–H and O–H groups in total. The summed E-state index contributed by atoms with van der Waals surface area (Å²) in [6, 6.07) is 4.21. The van der Waals surface area contributed by atoms with Crippen molar-refractivity contribution in [1.29, 1.82) is 0 Å². The number of aromatic nitrogens is 1. The van der Waals surface area contributed by atoms with Gasteiger partial charge in [-0.3, -0.25) is 4.98 Å². The van der Waals surface area contributed by atoms with Crippen LogP contribution in [0.25, 0.3) is 0 Å². The molecule has 1 aliphatic heterocycles. The molecule has 0 unspecified atom stereocenters. The van der Waals surface area contributed by atoms with E-state index in [1.807, 2.05) is 0 Å². The van der Waals surface area contributed by atoms with Crippen molar-refractivity contribution in [2.45, 2.75) is 13.3 Å². The van der Waals surface area contributed by atoms with Gasteiger partial charge in [0, 0.05) is 17.8 Å². The third-order valence-corrected chi connectivity index (χ3v) is 1.61. The molecule has 8 heavy (non-hydrogen) atoms. The molecule has 0 amide bonds. The summed E-state index contributed by atoms with van der Waals surface area (Å²) in [5.41, 5.74) is 3.85. The average molecular weight is 105 g/mol. The van der Waals surface area contributed by atoms with Crippen LogP contribution < -0.4 is 0 Å². The lowest BCUT2D eigenvalue weighted by atomic mass is 10.0. The van der Waals surface area contributed by atoms with Gasteiger partial charge < -0.3 is 0 Å². The van der Waals surface area contributed by atoms with E-state index in [0.29, 0.717) is 0 Å². The number of hydrogen-bond donors (Lipinski definition) is 0. The van der Waals surface area contributed by atoms with Crippen molar-refractivity contribution in [3.8, 4) is 0 Å². The van der Waals surface area contributed by atoms with Gasteiger partial charge in [0.2, 0.25) is 0 Å². The number of hydrogen-bond acceptors (Lipinski definition) is 1. The van der Waals surface area contributed by atoms with Crippen LogP contribution in [0.1, 0.15) is 17.0 Å². The van der Waals surface area contributed by atoms with Crippen molar-refractivity contribution in [2.75, 3.05) is 0 Å². The lowest BCUT2D eigenvalue weighted by molar-refractivity contribution is 0.873. The van der Waals surface area contributed by atoms with Crippen LogP contribution in [-0.4, -0.2) is 4.98 Å². The highest BCUT2D eigenvalue weighted by atomic mass is 14.8. The smallest absolute Gasteiger partial charge is 0.0495 e. The van der Waals surface area contributed by atoms with E-state index in [0.717, 1.165) is 6.42 Å². The number of aryl methyl sites for hydroxylation is 1. The van der Waals surface area contributed by atoms with Crippen LogP contribution in [0.5, 0.6) is 0 Å². The Kier molecular flexibility index (Phi) is 0.562. The van der Waals surface area contributed by atoms with Gasteiger partial charge in [-0.2, -0.15) is 0 Å². The summed E-state index contributed by atoms with van der Waals surface area (Å²) in [5.74, 6) is 0. The molecule has 1 aliphatic carbocycles. The highest BCUT2D eigenvalue weighted by Gasteiger charge is 2.11. The van der Waals surface area contributed by atoms with E-state index in [9.17, 15) is 0 Å². The Morgan fingerprint density at radius 3 is 2.50 bits per heavy atom. The summed E-state index contributed by atoms with van der Waals surface area (Å²) in [4.78, 5) is 4.22. The summed E-state index contributed by atoms with van der Waals surface area (Å²) in [7, 11) is 0. The van der Waals surface area contributed by atoms with Crippen LogP contribution in [0.2, 0.25) is 0 Å². The predicted molar refractivity (Wildman–Crippen MR) is 31.8 cm³/mol. The zero-order valence-corrected chi connectivity index (χ0v) is 4.81. The average Bonchev–Trinajstić information content (AvgIpc) is 1.62. The first-order valence-electron chi connectivity index (χ1n) is 2.82. The predicted octanol–water partition coefficient (Wildman–Crippen LogP) is 1.29. The van der Waals surface area contributed by atoms with E-state index in [1.165, 1.54) is 17.0 Å². The van der Waals surface area contributed by atoms with Crippen molar-refractivity contribution in [2.24, 2.45) is 0 Å². The zero-order chi connectivity index (χ0) is 5.56. The Bertz CT molecular complexity index is 219. The molecule has 2 heterocycles. The molecule has 2 bridgehead atoms. The van der Waals surface area contributed by atoms with Crippen LogP contribution in [0.4, 0.5) is 0 Å². The van der Waals surface area contributed by atoms with E-state index in [2.05, 4.69) is 24.0 Å². The van der Waals surface area contributed by atoms with Crippen LogP contribution in [-0.2, 0) is 6.42 Å². The lowest BCUT2D eigenvalue weighted by Gasteiger charge is -2.14. The molecule has 0 radical (unpaired) electrons. The highest BCUT2D eigenvalue weighted by Crippen LogP contribution is 2.18. The molecule has 2 aliphatic rings. The fourth-order valence-electron chi connectivity index (χ4n) is 0.974. The third-order valence-electron chi connectivity index (χ3n) is 1.61. The van der Waals surface area contributed by atoms with Crippen molar-refractivity contribution in [3.05, 3.63) is 29.1 Å². The van der Waals surface area contributed by atoms with E-state index >= 15 is 0 Å². The molecule has 1 heteroatoms. The summed E-state index contributed by atoms with van der Waals surface area (Å²) < 4.78 is 0. The van der Waals surface area contributed by atoms with Crippen LogP contribution in [0.15, 0.2) is 12.1 Å². The monoisotopic (exact) mass is 105 g/mol. The van der Waals surface area contributed by atoms with E-state index in [1.54, 1.807) is 0 Å². The minimum absolute atomic E-state index is 1.11. The largest absolute Gasteiger partial charge is 0.257 e. The minimum atomic E-state index is 1.11. The van der Waals surface area contributed by atoms with Crippen molar-refractivity contribution in [3.63, 3.8) is 0 Å². The van der Waals surface area contributed by atoms with E-state index in [4.69, 9.17) is 0 Å². The number of pyridine rings is 1. The molecule has 1 aromatic heterocycles. The molecule has 3 rings (SSSR count). The quantitative estimate of drug-likeness (QED) is 0.492. The van der Waals surface area contributed by atoms with Crippen molar-refractivity contribution < 1.29 is 0 Å². The standard InChI is InChI=1S/C7H7N/c1-5-2-3-6-4-7(5)8-6/h2-3H,4H2,1H3. The van der Waals surface area contributed by atoms with Gasteiger partial charge in [-0.05, 0) is 18.6 Å². The molecule has 0 aromatic carbocycles. The maximum atomic E-state index is 4.22. The molecule has 1 nitrogen and oxygen atoms in total. The van der Waals surface area contributed by atoms with Gasteiger partial charge >= 0.3 is 0 Å². The fraction of sp³-hybridized carbons (Fsp3) is 0.286. The minimum Gasteiger partial charge on any atom is -0.257 e. The second kappa shape index (κ2) is 1.10. The first kappa shape index (κ1) is 4.07. The zero-order valence-electron chi connectivity index (χ0n) is 4.81. The van der Waals surface area contributed by atoms with Gasteiger partial charge in [-0.25, -0.2) is 0 Å². The van der Waals surface area contributed by atoms with E-state index < -0.39 is 0 Å². The molecule has 0 saturated carbocycles. The Morgan fingerprint density at radius 2 is 2.25 bits per heavy atom. The van der Waals surface area contributed by atoms with Gasteiger partial charge in [0.25, 0.3) is 0 Å². The van der Waals surface area contributed by atoms with Gasteiger partial charge in [0.05, 0.1) is 0 Å². The Hall–Kier alpha value is -0.850. The van der Waals surface area contributed by atoms with Gasteiger partial charge in [0.1, 0.15) is 0 Å². The lowest BCUT2D eigenvalue weighted by Crippen LogP contribution is -2.09. The Labute approximate surface area is 48.4 Å². The molecule has 0 saturated heterocycles. The maximum Gasteiger partial charge on any atom is 0.0495 e. The molecule has 0 fully saturated rings. The normalized spacial score (nSPS) is 13.1. The number of nitrogens with zero attached hydrogens (tertiary/aromatic N) is 1. The second-order valence-electron chi connectivity index (χ2n) is 2.24. The molecule has 40 valence electrons. The first-order valence-corrected chi connectivity index (χ1v) is 2.82. The number of rotatable bonds is 0. The summed E-state index contributed by atoms with van der Waals surface area (Å²) in [5, 5.41) is 0. The van der Waals surface area contributed by atoms with Crippen molar-refractivity contribution in [1.82, 2.24) is 4.98 Å². The Balaban J connectivity index is 2.72. The molecule has 0 atom stereocenters. The summed E-state index contributed by atoms with van der Waals surface area (Å²) >= 11 is 0. The molecular weight excluding hydrogens is 98.1 g/mol. The fourth-order valence-corrected chi connectivity index (χ4v) is 0.974. The maximum absolute atomic E-state index is 4.22. The SMILES string of the molecule is Cc1ccc2nc1C2. The molecule has 1 aromatic rings. The van der Waals surface area contributed by atoms with Crippen LogP contribution in [0.3, 0.4) is 0 Å². The van der Waals surface area contributed by atoms with Crippen LogP contribution >= 0.6 is 0 Å². The number of fused-ring (bicyclic) bond motifs is 2. The summed E-state index contributed by atoms with van der Waals surface area (Å²) in [6.45, 7) is 2.10. The third kappa shape index (κ3) is 0.340. The summed E-state index contributed by atoms with van der Waals surface area (Å²) in [6.07, 6.45) is 1.11. The van der Waals surface area contributed by atoms with Gasteiger partial charge in [0.15, 0.2) is 0 Å². The first-order chi connectivity index (χ1) is 3.86. The second-order valence-corrected chi connectivity index (χ2v) is 2.24. The topological polar surface area (TPSA) is 12.9 Å². The Morgan fingerprint density at radius 1 is 1.50 bits per heavy atom. The highest BCUT2D eigenvalue weighted by molar-refractivity contribution is 5.32. The molecule has 0 spiro atoms.